The molecule has 0 saturated carbocycles. The Hall–Kier alpha value is -3.51. The molecule has 9 nitrogen and oxygen atoms in total. The maximum Gasteiger partial charge on any atom is 0.511 e. The van der Waals surface area contributed by atoms with Gasteiger partial charge in [0.2, 0.25) is 5.43 Å². The summed E-state index contributed by atoms with van der Waals surface area (Å²) >= 11 is 0. The van der Waals surface area contributed by atoms with Gasteiger partial charge in [-0.2, -0.15) is 13.2 Å². The van der Waals surface area contributed by atoms with Crippen LogP contribution < -0.4 is 19.8 Å². The van der Waals surface area contributed by atoms with Crippen LogP contribution in [0.25, 0.3) is 10.9 Å². The number of alkyl halides is 3. The van der Waals surface area contributed by atoms with Crippen molar-refractivity contribution in [1.82, 2.24) is 4.57 Å². The lowest BCUT2D eigenvalue weighted by Crippen LogP contribution is -2.37. The van der Waals surface area contributed by atoms with E-state index in [2.05, 4.69) is 4.74 Å². The van der Waals surface area contributed by atoms with E-state index in [0.717, 1.165) is 13.2 Å². The number of piperidine rings is 1. The topological polar surface area (TPSA) is 107 Å². The van der Waals surface area contributed by atoms with E-state index in [-0.39, 0.29) is 42.4 Å². The molecule has 0 amide bonds. The summed E-state index contributed by atoms with van der Waals surface area (Å²) in [4.78, 5) is 37.1. The molecule has 35 heavy (non-hydrogen) atoms. The molecule has 1 aromatic carbocycles. The van der Waals surface area contributed by atoms with E-state index < -0.39 is 47.2 Å². The van der Waals surface area contributed by atoms with E-state index in [1.54, 1.807) is 11.8 Å². The predicted molar refractivity (Wildman–Crippen MR) is 116 cm³/mol. The summed E-state index contributed by atoms with van der Waals surface area (Å²) in [6.45, 7) is 0.816. The summed E-state index contributed by atoms with van der Waals surface area (Å²) in [6, 6.07) is 0.742. The normalized spacial score (nSPS) is 16.3. The Morgan fingerprint density at radius 1 is 1.29 bits per heavy atom. The van der Waals surface area contributed by atoms with Crippen molar-refractivity contribution in [3.63, 3.8) is 0 Å². The molecule has 1 N–H and O–H groups in total. The first-order chi connectivity index (χ1) is 16.4. The highest BCUT2D eigenvalue weighted by molar-refractivity contribution is 5.92. The molecule has 1 atom stereocenters. The number of ether oxygens (including phenoxy) is 3. The van der Waals surface area contributed by atoms with Crippen molar-refractivity contribution < 1.29 is 46.5 Å². The number of anilines is 1. The fourth-order valence-corrected chi connectivity index (χ4v) is 4.33. The van der Waals surface area contributed by atoms with E-state index >= 15 is 4.39 Å². The number of hydrogen-bond acceptors (Lipinski definition) is 7. The molecule has 1 fully saturated rings. The highest BCUT2D eigenvalue weighted by Crippen LogP contribution is 2.41. The van der Waals surface area contributed by atoms with Crippen LogP contribution in [-0.2, 0) is 16.1 Å². The molecule has 1 unspecified atom stereocenters. The molecule has 0 radical (unpaired) electrons. The van der Waals surface area contributed by atoms with Crippen molar-refractivity contribution in [3.8, 4) is 11.5 Å². The zero-order valence-electron chi connectivity index (χ0n) is 19.0. The van der Waals surface area contributed by atoms with E-state index in [9.17, 15) is 27.6 Å². The predicted octanol–water partition coefficient (Wildman–Crippen LogP) is 3.94. The maximum absolute atomic E-state index is 15.4. The van der Waals surface area contributed by atoms with Crippen molar-refractivity contribution in [2.45, 2.75) is 38.9 Å². The molecule has 0 spiro atoms. The standard InChI is InChI=1S/C22H24F4N2O7/c1-3-34-16(29)7-12-5-4-6-27(9-12)18-14(23)8-13-17(20(18)33-2)28(11-22(24,25)26)10-15(19(13)30)35-21(31)32/h8,10,12H,3-7,9,11H2,1-2H3,(H,31,32). The van der Waals surface area contributed by atoms with Crippen LogP contribution in [0.15, 0.2) is 17.1 Å². The smallest absolute Gasteiger partial charge is 0.492 e. The fourth-order valence-electron chi connectivity index (χ4n) is 4.33. The minimum absolute atomic E-state index is 0.0938. The lowest BCUT2D eigenvalue weighted by molar-refractivity contribution is -0.144. The first-order valence-corrected chi connectivity index (χ1v) is 10.8. The number of hydrogen-bond donors (Lipinski definition) is 1. The van der Waals surface area contributed by atoms with Crippen molar-refractivity contribution in [2.24, 2.45) is 5.92 Å². The third-order valence-corrected chi connectivity index (χ3v) is 5.56. The zero-order valence-corrected chi connectivity index (χ0v) is 19.0. The van der Waals surface area contributed by atoms with Gasteiger partial charge in [-0.3, -0.25) is 9.59 Å². The van der Waals surface area contributed by atoms with Gasteiger partial charge in [-0.25, -0.2) is 9.18 Å². The monoisotopic (exact) mass is 504 g/mol. The molecular weight excluding hydrogens is 480 g/mol. The third kappa shape index (κ3) is 5.95. The van der Waals surface area contributed by atoms with Crippen LogP contribution in [0, 0.1) is 11.7 Å². The summed E-state index contributed by atoms with van der Waals surface area (Å²) in [6.07, 6.45) is -4.73. The number of rotatable bonds is 7. The van der Waals surface area contributed by atoms with Crippen LogP contribution in [0.2, 0.25) is 0 Å². The van der Waals surface area contributed by atoms with Crippen LogP contribution >= 0.6 is 0 Å². The van der Waals surface area contributed by atoms with Crippen molar-refractivity contribution in [2.75, 3.05) is 31.7 Å². The summed E-state index contributed by atoms with van der Waals surface area (Å²) in [5.74, 6) is -2.77. The Balaban J connectivity index is 2.17. The van der Waals surface area contributed by atoms with Crippen molar-refractivity contribution in [3.05, 3.63) is 28.3 Å². The Kier molecular flexibility index (Phi) is 7.76. The van der Waals surface area contributed by atoms with Crippen LogP contribution in [-0.4, -0.2) is 54.8 Å². The van der Waals surface area contributed by atoms with Gasteiger partial charge in [0.05, 0.1) is 37.2 Å². The Labute approximate surface area is 196 Å². The highest BCUT2D eigenvalue weighted by atomic mass is 19.4. The van der Waals surface area contributed by atoms with Gasteiger partial charge >= 0.3 is 18.3 Å². The van der Waals surface area contributed by atoms with E-state index in [1.165, 1.54) is 0 Å². The number of methoxy groups -OCH3 is 1. The van der Waals surface area contributed by atoms with Gasteiger partial charge in [0, 0.05) is 13.1 Å². The Morgan fingerprint density at radius 2 is 2.00 bits per heavy atom. The molecule has 0 bridgehead atoms. The number of pyridine rings is 1. The molecule has 2 heterocycles. The second-order valence-corrected chi connectivity index (χ2v) is 8.03. The number of fused-ring (bicyclic) bond motifs is 1. The number of carbonyl (C=O) groups excluding carboxylic acids is 1. The molecule has 192 valence electrons. The summed E-state index contributed by atoms with van der Waals surface area (Å²) in [5.41, 5.74) is -1.63. The molecular formula is C22H24F4N2O7. The van der Waals surface area contributed by atoms with Crippen LogP contribution in [0.3, 0.4) is 0 Å². The number of benzene rings is 1. The van der Waals surface area contributed by atoms with Gasteiger partial charge in [-0.15, -0.1) is 0 Å². The quantitative estimate of drug-likeness (QED) is 0.447. The molecule has 1 aliphatic heterocycles. The van der Waals surface area contributed by atoms with Gasteiger partial charge in [-0.1, -0.05) is 0 Å². The van der Waals surface area contributed by atoms with E-state index in [1.807, 2.05) is 0 Å². The number of nitrogens with zero attached hydrogens (tertiary/aromatic N) is 2. The first-order valence-electron chi connectivity index (χ1n) is 10.8. The van der Waals surface area contributed by atoms with E-state index in [0.29, 0.717) is 30.2 Å². The maximum atomic E-state index is 15.4. The van der Waals surface area contributed by atoms with Crippen LogP contribution in [0.1, 0.15) is 26.2 Å². The van der Waals surface area contributed by atoms with Gasteiger partial charge in [0.15, 0.2) is 17.3 Å². The molecule has 1 aliphatic rings. The fraction of sp³-hybridized carbons (Fsp3) is 0.500. The number of halogens is 4. The number of esters is 1. The molecule has 3 rings (SSSR count). The van der Waals surface area contributed by atoms with Crippen LogP contribution in [0.5, 0.6) is 11.5 Å². The number of carboxylic acid groups (broad SMARTS) is 1. The molecule has 1 saturated heterocycles. The average Bonchev–Trinajstić information content (AvgIpc) is 2.75. The second-order valence-electron chi connectivity index (χ2n) is 8.03. The lowest BCUT2D eigenvalue weighted by Gasteiger charge is -2.35. The van der Waals surface area contributed by atoms with Gasteiger partial charge in [0.1, 0.15) is 12.2 Å². The second kappa shape index (κ2) is 10.4. The van der Waals surface area contributed by atoms with Crippen molar-refractivity contribution >= 4 is 28.7 Å². The van der Waals surface area contributed by atoms with Gasteiger partial charge in [-0.05, 0) is 31.7 Å². The SMILES string of the molecule is CCOC(=O)CC1CCCN(c2c(F)cc3c(=O)c(OC(=O)O)cn(CC(F)(F)F)c3c2OC)C1. The molecule has 0 aliphatic carbocycles. The first kappa shape index (κ1) is 26.1. The summed E-state index contributed by atoms with van der Waals surface area (Å²) < 4.78 is 70.6. The number of carbonyl (C=O) groups is 2. The zero-order chi connectivity index (χ0) is 25.9. The minimum atomic E-state index is -4.77. The average molecular weight is 504 g/mol. The van der Waals surface area contributed by atoms with Gasteiger partial charge < -0.3 is 28.8 Å². The highest BCUT2D eigenvalue weighted by Gasteiger charge is 2.33. The van der Waals surface area contributed by atoms with E-state index in [4.69, 9.17) is 14.6 Å². The Morgan fingerprint density at radius 3 is 2.60 bits per heavy atom. The van der Waals surface area contributed by atoms with Crippen molar-refractivity contribution in [1.29, 1.82) is 0 Å². The molecule has 2 aromatic rings. The Bertz CT molecular complexity index is 1180. The van der Waals surface area contributed by atoms with Gasteiger partial charge in [0.25, 0.3) is 0 Å². The molecule has 1 aromatic heterocycles. The third-order valence-electron chi connectivity index (χ3n) is 5.56. The largest absolute Gasteiger partial charge is 0.511 e. The number of aromatic nitrogens is 1. The molecule has 13 heteroatoms. The summed E-state index contributed by atoms with van der Waals surface area (Å²) in [7, 11) is 1.13. The van der Waals surface area contributed by atoms with Crippen LogP contribution in [0.4, 0.5) is 28.0 Å². The minimum Gasteiger partial charge on any atom is -0.492 e. The lowest BCUT2D eigenvalue weighted by atomic mass is 9.94. The summed E-state index contributed by atoms with van der Waals surface area (Å²) in [5, 5.41) is 8.31.